The van der Waals surface area contributed by atoms with Gasteiger partial charge >= 0.3 is 17.9 Å². The molecule has 82 valence electrons. The monoisotopic (exact) mass is 218 g/mol. The van der Waals surface area contributed by atoms with Crippen molar-refractivity contribution in [2.75, 3.05) is 0 Å². The molecule has 2 N–H and O–H groups in total. The van der Waals surface area contributed by atoms with E-state index < -0.39 is 41.4 Å². The standard InChI is InChI=1S/C6H6N2O7/c7-8-14-3(9)1-6(13,5(11)12)2-4(10)15-8/h13H,1-2H2,(H,11,12). The predicted octanol–water partition coefficient (Wildman–Crippen LogP) is -1.45. The van der Waals surface area contributed by atoms with Gasteiger partial charge in [0, 0.05) is 0 Å². The minimum atomic E-state index is -2.59. The summed E-state index contributed by atoms with van der Waals surface area (Å²) in [4.78, 5) is 40.0. The molecule has 9 nitrogen and oxygen atoms in total. The van der Waals surface area contributed by atoms with Crippen molar-refractivity contribution in [1.82, 2.24) is 0 Å². The zero-order valence-corrected chi connectivity index (χ0v) is 7.24. The highest BCUT2D eigenvalue weighted by Crippen LogP contribution is 2.19. The summed E-state index contributed by atoms with van der Waals surface area (Å²) < 4.78 is 0. The molecular formula is C6H6N2O7. The Labute approximate surface area is 82.2 Å². The van der Waals surface area contributed by atoms with Crippen LogP contribution in [0.1, 0.15) is 12.8 Å². The van der Waals surface area contributed by atoms with Crippen molar-refractivity contribution in [3.05, 3.63) is 5.53 Å². The molecule has 1 aliphatic heterocycles. The topological polar surface area (TPSA) is 135 Å². The van der Waals surface area contributed by atoms with Gasteiger partial charge in [0.15, 0.2) is 5.60 Å². The van der Waals surface area contributed by atoms with E-state index in [0.717, 1.165) is 0 Å². The molecule has 15 heavy (non-hydrogen) atoms. The summed E-state index contributed by atoms with van der Waals surface area (Å²) in [6.07, 6.45) is -1.96. The highest BCUT2D eigenvalue weighted by Gasteiger charge is 2.45. The van der Waals surface area contributed by atoms with Crippen molar-refractivity contribution in [1.29, 1.82) is 0 Å². The number of nitrogens with zero attached hydrogens (tertiary/aromatic N) is 2. The van der Waals surface area contributed by atoms with E-state index in [1.165, 1.54) is 0 Å². The van der Waals surface area contributed by atoms with E-state index in [9.17, 15) is 19.5 Å². The van der Waals surface area contributed by atoms with Crippen LogP contribution in [0.25, 0.3) is 5.53 Å². The number of carboxylic acids is 1. The van der Waals surface area contributed by atoms with Gasteiger partial charge in [-0.2, -0.15) is 9.68 Å². The molecule has 0 amide bonds. The number of hydrogen-bond acceptors (Lipinski definition) is 6. The van der Waals surface area contributed by atoms with Gasteiger partial charge in [-0.3, -0.25) is 0 Å². The third-order valence-corrected chi connectivity index (χ3v) is 1.63. The van der Waals surface area contributed by atoms with E-state index >= 15 is 0 Å². The fourth-order valence-electron chi connectivity index (χ4n) is 0.949. The van der Waals surface area contributed by atoms with Crippen molar-refractivity contribution in [3.63, 3.8) is 0 Å². The van der Waals surface area contributed by atoms with Crippen LogP contribution in [0.2, 0.25) is 0 Å². The van der Waals surface area contributed by atoms with Crippen LogP contribution >= 0.6 is 0 Å². The molecule has 0 aromatic rings. The second kappa shape index (κ2) is 3.61. The second-order valence-electron chi connectivity index (χ2n) is 2.85. The van der Waals surface area contributed by atoms with E-state index in [-0.39, 0.29) is 0 Å². The molecule has 0 aliphatic carbocycles. The van der Waals surface area contributed by atoms with Crippen molar-refractivity contribution in [2.24, 2.45) is 0 Å². The van der Waals surface area contributed by atoms with Crippen LogP contribution in [-0.2, 0) is 24.1 Å². The lowest BCUT2D eigenvalue weighted by atomic mass is 9.96. The molecule has 1 saturated heterocycles. The molecule has 1 heterocycles. The maximum absolute atomic E-state index is 10.8. The van der Waals surface area contributed by atoms with Gasteiger partial charge in [0.1, 0.15) is 5.02 Å². The molecule has 0 atom stereocenters. The molecule has 1 fully saturated rings. The summed E-state index contributed by atoms with van der Waals surface area (Å²) in [7, 11) is 0. The Kier molecular flexibility index (Phi) is 2.66. The first-order valence-electron chi connectivity index (χ1n) is 3.70. The molecule has 0 saturated carbocycles. The number of rotatable bonds is 1. The van der Waals surface area contributed by atoms with E-state index in [1.807, 2.05) is 0 Å². The summed E-state index contributed by atoms with van der Waals surface area (Å²) in [5, 5.41) is 17.5. The molecule has 0 aromatic heterocycles. The van der Waals surface area contributed by atoms with E-state index in [4.69, 9.17) is 10.6 Å². The third kappa shape index (κ3) is 2.47. The largest absolute Gasteiger partial charge is 0.479 e. The quantitative estimate of drug-likeness (QED) is 0.549. The minimum Gasteiger partial charge on any atom is -0.479 e. The van der Waals surface area contributed by atoms with Gasteiger partial charge in [0.05, 0.1) is 12.8 Å². The summed E-state index contributed by atoms with van der Waals surface area (Å²) in [5.74, 6) is -4.27. The Bertz CT molecular complexity index is 327. The SMILES string of the molecule is [N-]=[N+]1OC(=O)CC(O)(C(=O)O)CC(=O)O1. The number of aliphatic hydroxyl groups is 1. The first-order valence-corrected chi connectivity index (χ1v) is 3.70. The molecule has 0 unspecified atom stereocenters. The van der Waals surface area contributed by atoms with E-state index in [1.54, 1.807) is 0 Å². The lowest BCUT2D eigenvalue weighted by molar-refractivity contribution is -0.946. The average molecular weight is 218 g/mol. The average Bonchev–Trinajstić information content (AvgIpc) is 1.99. The highest BCUT2D eigenvalue weighted by molar-refractivity contribution is 5.88. The maximum Gasteiger partial charge on any atom is 0.388 e. The van der Waals surface area contributed by atoms with Crippen LogP contribution in [0.4, 0.5) is 0 Å². The first kappa shape index (κ1) is 11.0. The van der Waals surface area contributed by atoms with Crippen LogP contribution in [0.5, 0.6) is 0 Å². The van der Waals surface area contributed by atoms with Gasteiger partial charge in [0.25, 0.3) is 0 Å². The van der Waals surface area contributed by atoms with Gasteiger partial charge in [-0.05, 0) is 0 Å². The normalized spacial score (nSPS) is 21.0. The van der Waals surface area contributed by atoms with Crippen LogP contribution in [0.15, 0.2) is 0 Å². The molecule has 1 aliphatic rings. The number of carbonyl (C=O) groups excluding carboxylic acids is 2. The van der Waals surface area contributed by atoms with Crippen molar-refractivity contribution < 1.29 is 39.3 Å². The minimum absolute atomic E-state index is 0.494. The highest BCUT2D eigenvalue weighted by atomic mass is 17.0. The third-order valence-electron chi connectivity index (χ3n) is 1.63. The molecule has 1 rings (SSSR count). The zero-order valence-electron chi connectivity index (χ0n) is 7.24. The maximum atomic E-state index is 10.8. The van der Waals surface area contributed by atoms with Crippen molar-refractivity contribution >= 4 is 17.9 Å². The van der Waals surface area contributed by atoms with Gasteiger partial charge in [-0.15, -0.1) is 0 Å². The fourth-order valence-corrected chi connectivity index (χ4v) is 0.949. The number of aliphatic carboxylic acids is 1. The molecule has 0 bridgehead atoms. The smallest absolute Gasteiger partial charge is 0.388 e. The van der Waals surface area contributed by atoms with Gasteiger partial charge in [-0.1, -0.05) is 0 Å². The molecule has 0 radical (unpaired) electrons. The Morgan fingerprint density at radius 1 is 1.33 bits per heavy atom. The Morgan fingerprint density at radius 2 is 1.73 bits per heavy atom. The van der Waals surface area contributed by atoms with E-state index in [0.29, 0.717) is 0 Å². The lowest BCUT2D eigenvalue weighted by Gasteiger charge is -2.20. The predicted molar refractivity (Wildman–Crippen MR) is 37.6 cm³/mol. The molecule has 9 heteroatoms. The number of carbonyl (C=O) groups is 3. The Hall–Kier alpha value is -2.03. The van der Waals surface area contributed by atoms with Crippen LogP contribution in [0.3, 0.4) is 0 Å². The van der Waals surface area contributed by atoms with Crippen LogP contribution in [0, 0.1) is 0 Å². The van der Waals surface area contributed by atoms with Gasteiger partial charge < -0.3 is 15.7 Å². The lowest BCUT2D eigenvalue weighted by Crippen LogP contribution is -2.45. The summed E-state index contributed by atoms with van der Waals surface area (Å²) >= 11 is 0. The second-order valence-corrected chi connectivity index (χ2v) is 2.85. The van der Waals surface area contributed by atoms with Gasteiger partial charge in [0.2, 0.25) is 0 Å². The zero-order chi connectivity index (χ0) is 11.6. The molecule has 0 spiro atoms. The van der Waals surface area contributed by atoms with Crippen molar-refractivity contribution in [2.45, 2.75) is 18.4 Å². The number of hydrogen-bond donors (Lipinski definition) is 2. The van der Waals surface area contributed by atoms with Crippen LogP contribution in [-0.4, -0.2) is 38.7 Å². The van der Waals surface area contributed by atoms with Crippen molar-refractivity contribution in [3.8, 4) is 0 Å². The molecular weight excluding hydrogens is 212 g/mol. The first-order chi connectivity index (χ1) is 6.83. The van der Waals surface area contributed by atoms with Crippen LogP contribution < -0.4 is 0 Å². The number of carboxylic acid groups (broad SMARTS) is 1. The summed E-state index contributed by atoms with van der Waals surface area (Å²) in [6.45, 7) is 0. The Morgan fingerprint density at radius 3 is 2.07 bits per heavy atom. The fraction of sp³-hybridized carbons (Fsp3) is 0.500. The van der Waals surface area contributed by atoms with Gasteiger partial charge in [-0.25, -0.2) is 14.4 Å². The molecule has 0 aromatic carbocycles. The Balaban J connectivity index is 2.93. The van der Waals surface area contributed by atoms with E-state index in [2.05, 4.69) is 9.68 Å². The summed E-state index contributed by atoms with van der Waals surface area (Å²) in [6, 6.07) is 0. The summed E-state index contributed by atoms with van der Waals surface area (Å²) in [5.41, 5.74) is 5.99.